The van der Waals surface area contributed by atoms with Gasteiger partial charge >= 0.3 is 0 Å². The maximum absolute atomic E-state index is 10.1. The summed E-state index contributed by atoms with van der Waals surface area (Å²) in [5.41, 5.74) is 2.35. The molecule has 1 aromatic rings. The van der Waals surface area contributed by atoms with Gasteiger partial charge in [-0.3, -0.25) is 0 Å². The molecule has 0 saturated heterocycles. The van der Waals surface area contributed by atoms with Crippen molar-refractivity contribution in [2.75, 3.05) is 0 Å². The Kier molecular flexibility index (Phi) is 4.30. The van der Waals surface area contributed by atoms with Crippen LogP contribution in [0.1, 0.15) is 69.1 Å². The summed E-state index contributed by atoms with van der Waals surface area (Å²) in [5.74, 6) is 1.93. The van der Waals surface area contributed by atoms with Crippen molar-refractivity contribution in [1.82, 2.24) is 0 Å². The summed E-state index contributed by atoms with van der Waals surface area (Å²) in [5, 5.41) is 10.1. The molecule has 1 N–H and O–H groups in total. The third-order valence-corrected chi connectivity index (χ3v) is 5.10. The minimum atomic E-state index is -0.293. The van der Waals surface area contributed by atoms with Gasteiger partial charge in [0, 0.05) is 0 Å². The van der Waals surface area contributed by atoms with Gasteiger partial charge in [-0.1, -0.05) is 25.5 Å². The summed E-state index contributed by atoms with van der Waals surface area (Å²) in [6.45, 7) is 2.29. The molecule has 110 valence electrons. The molecule has 0 aliphatic heterocycles. The van der Waals surface area contributed by atoms with Gasteiger partial charge in [-0.15, -0.1) is 0 Å². The van der Waals surface area contributed by atoms with E-state index in [0.717, 1.165) is 36.5 Å². The quantitative estimate of drug-likeness (QED) is 0.885. The summed E-state index contributed by atoms with van der Waals surface area (Å²) in [6, 6.07) is 6.17. The molecule has 1 atom stereocenters. The highest BCUT2D eigenvalue weighted by atomic mass is 16.5. The summed E-state index contributed by atoms with van der Waals surface area (Å²) < 4.78 is 6.28. The summed E-state index contributed by atoms with van der Waals surface area (Å²) in [6.07, 6.45) is 9.37. The SMILES string of the molecule is CCC1CCC(Oc2cccc3c2CCCC3O)CC1. The van der Waals surface area contributed by atoms with E-state index >= 15 is 0 Å². The van der Waals surface area contributed by atoms with E-state index < -0.39 is 0 Å². The zero-order valence-electron chi connectivity index (χ0n) is 12.5. The van der Waals surface area contributed by atoms with Crippen molar-refractivity contribution in [2.45, 2.75) is 70.5 Å². The molecule has 0 bridgehead atoms. The van der Waals surface area contributed by atoms with Crippen molar-refractivity contribution >= 4 is 0 Å². The van der Waals surface area contributed by atoms with Gasteiger partial charge in [0.2, 0.25) is 0 Å². The topological polar surface area (TPSA) is 29.5 Å². The Morgan fingerprint density at radius 1 is 1.15 bits per heavy atom. The number of ether oxygens (including phenoxy) is 1. The maximum Gasteiger partial charge on any atom is 0.123 e. The van der Waals surface area contributed by atoms with E-state index in [9.17, 15) is 5.11 Å². The van der Waals surface area contributed by atoms with Crippen molar-refractivity contribution in [2.24, 2.45) is 5.92 Å². The number of rotatable bonds is 3. The first-order chi connectivity index (χ1) is 9.78. The molecule has 2 aliphatic carbocycles. The predicted molar refractivity (Wildman–Crippen MR) is 81.0 cm³/mol. The van der Waals surface area contributed by atoms with Gasteiger partial charge in [-0.05, 0) is 68.1 Å². The summed E-state index contributed by atoms with van der Waals surface area (Å²) in [4.78, 5) is 0. The molecular formula is C18H26O2. The maximum atomic E-state index is 10.1. The van der Waals surface area contributed by atoms with Crippen LogP contribution in [0, 0.1) is 5.92 Å². The number of hydrogen-bond acceptors (Lipinski definition) is 2. The van der Waals surface area contributed by atoms with Crippen LogP contribution in [0.25, 0.3) is 0 Å². The number of benzene rings is 1. The fourth-order valence-corrected chi connectivity index (χ4v) is 3.74. The molecule has 0 aromatic heterocycles. The first-order valence-corrected chi connectivity index (χ1v) is 8.24. The summed E-state index contributed by atoms with van der Waals surface area (Å²) >= 11 is 0. The van der Waals surface area contributed by atoms with Crippen molar-refractivity contribution in [3.63, 3.8) is 0 Å². The van der Waals surface area contributed by atoms with Gasteiger partial charge in [-0.2, -0.15) is 0 Å². The van der Waals surface area contributed by atoms with E-state index in [4.69, 9.17) is 4.74 Å². The van der Waals surface area contributed by atoms with E-state index in [1.807, 2.05) is 6.07 Å². The Balaban J connectivity index is 1.71. The second-order valence-electron chi connectivity index (χ2n) is 6.40. The monoisotopic (exact) mass is 274 g/mol. The lowest BCUT2D eigenvalue weighted by Gasteiger charge is -2.30. The Hall–Kier alpha value is -1.02. The van der Waals surface area contributed by atoms with Crippen LogP contribution in [-0.2, 0) is 6.42 Å². The van der Waals surface area contributed by atoms with E-state index in [1.54, 1.807) is 0 Å². The van der Waals surface area contributed by atoms with E-state index in [2.05, 4.69) is 19.1 Å². The molecule has 1 saturated carbocycles. The summed E-state index contributed by atoms with van der Waals surface area (Å²) in [7, 11) is 0. The van der Waals surface area contributed by atoms with Crippen LogP contribution in [0.5, 0.6) is 5.75 Å². The number of fused-ring (bicyclic) bond motifs is 1. The fraction of sp³-hybridized carbons (Fsp3) is 0.667. The highest BCUT2D eigenvalue weighted by molar-refractivity contribution is 5.43. The van der Waals surface area contributed by atoms with Gasteiger partial charge in [-0.25, -0.2) is 0 Å². The Labute approximate surface area is 122 Å². The predicted octanol–water partition coefficient (Wildman–Crippen LogP) is 4.40. The van der Waals surface area contributed by atoms with E-state index in [0.29, 0.717) is 6.10 Å². The molecule has 0 radical (unpaired) electrons. The zero-order chi connectivity index (χ0) is 13.9. The van der Waals surface area contributed by atoms with Crippen LogP contribution >= 0.6 is 0 Å². The smallest absolute Gasteiger partial charge is 0.123 e. The molecule has 1 unspecified atom stereocenters. The third kappa shape index (κ3) is 2.85. The standard InChI is InChI=1S/C18H26O2/c1-2-13-9-11-14(12-10-13)20-18-8-4-5-15-16(18)6-3-7-17(15)19/h4-5,8,13-14,17,19H,2-3,6-7,9-12H2,1H3. The van der Waals surface area contributed by atoms with Gasteiger partial charge in [0.15, 0.2) is 0 Å². The first-order valence-electron chi connectivity index (χ1n) is 8.24. The average Bonchev–Trinajstić information content (AvgIpc) is 2.49. The van der Waals surface area contributed by atoms with Gasteiger partial charge in [0.05, 0.1) is 12.2 Å². The van der Waals surface area contributed by atoms with Crippen LogP contribution in [0.15, 0.2) is 18.2 Å². The van der Waals surface area contributed by atoms with Crippen LogP contribution in [-0.4, -0.2) is 11.2 Å². The molecule has 0 heterocycles. The number of aliphatic hydroxyl groups is 1. The average molecular weight is 274 g/mol. The van der Waals surface area contributed by atoms with Crippen LogP contribution in [0.2, 0.25) is 0 Å². The lowest BCUT2D eigenvalue weighted by atomic mass is 9.85. The van der Waals surface area contributed by atoms with Gasteiger partial charge in [0.1, 0.15) is 5.75 Å². The lowest BCUT2D eigenvalue weighted by Crippen LogP contribution is -2.24. The molecule has 0 amide bonds. The second kappa shape index (κ2) is 6.17. The number of hydrogen-bond donors (Lipinski definition) is 1. The highest BCUT2D eigenvalue weighted by Gasteiger charge is 2.25. The van der Waals surface area contributed by atoms with Crippen LogP contribution < -0.4 is 4.74 Å². The minimum absolute atomic E-state index is 0.293. The van der Waals surface area contributed by atoms with Crippen molar-refractivity contribution in [1.29, 1.82) is 0 Å². The molecular weight excluding hydrogens is 248 g/mol. The molecule has 1 fully saturated rings. The second-order valence-corrected chi connectivity index (χ2v) is 6.40. The fourth-order valence-electron chi connectivity index (χ4n) is 3.74. The van der Waals surface area contributed by atoms with E-state index in [-0.39, 0.29) is 6.10 Å². The minimum Gasteiger partial charge on any atom is -0.490 e. The molecule has 3 rings (SSSR count). The molecule has 2 nitrogen and oxygen atoms in total. The Morgan fingerprint density at radius 2 is 1.95 bits per heavy atom. The van der Waals surface area contributed by atoms with Crippen LogP contribution in [0.4, 0.5) is 0 Å². The lowest BCUT2D eigenvalue weighted by molar-refractivity contribution is 0.124. The number of aliphatic hydroxyl groups excluding tert-OH is 1. The molecule has 0 spiro atoms. The van der Waals surface area contributed by atoms with Crippen molar-refractivity contribution < 1.29 is 9.84 Å². The Morgan fingerprint density at radius 3 is 2.70 bits per heavy atom. The molecule has 2 aliphatic rings. The zero-order valence-corrected chi connectivity index (χ0v) is 12.5. The third-order valence-electron chi connectivity index (χ3n) is 5.10. The van der Waals surface area contributed by atoms with Crippen LogP contribution in [0.3, 0.4) is 0 Å². The van der Waals surface area contributed by atoms with Gasteiger partial charge in [0.25, 0.3) is 0 Å². The highest BCUT2D eigenvalue weighted by Crippen LogP contribution is 2.37. The molecule has 2 heteroatoms. The molecule has 20 heavy (non-hydrogen) atoms. The molecule has 1 aromatic carbocycles. The first kappa shape index (κ1) is 13.9. The normalized spacial score (nSPS) is 29.8. The van der Waals surface area contributed by atoms with Crippen molar-refractivity contribution in [3.8, 4) is 5.75 Å². The van der Waals surface area contributed by atoms with Gasteiger partial charge < -0.3 is 9.84 Å². The van der Waals surface area contributed by atoms with Crippen molar-refractivity contribution in [3.05, 3.63) is 29.3 Å². The Bertz CT molecular complexity index is 447. The van der Waals surface area contributed by atoms with E-state index in [1.165, 1.54) is 37.7 Å². The largest absolute Gasteiger partial charge is 0.490 e.